The zero-order valence-corrected chi connectivity index (χ0v) is 9.14. The van der Waals surface area contributed by atoms with Gasteiger partial charge in [0, 0.05) is 18.0 Å². The highest BCUT2D eigenvalue weighted by molar-refractivity contribution is 5.97. The Bertz CT molecular complexity index is 382. The molecule has 0 amide bonds. The normalized spacial score (nSPS) is 12.1. The smallest absolute Gasteiger partial charge is 0.303 e. The summed E-state index contributed by atoms with van der Waals surface area (Å²) < 4.78 is 0. The monoisotopic (exact) mass is 221 g/mol. The summed E-state index contributed by atoms with van der Waals surface area (Å²) in [5, 5.41) is 8.46. The fourth-order valence-corrected chi connectivity index (χ4v) is 1.34. The lowest BCUT2D eigenvalue weighted by molar-refractivity contribution is -0.136. The van der Waals surface area contributed by atoms with Crippen molar-refractivity contribution in [2.45, 2.75) is 25.8 Å². The summed E-state index contributed by atoms with van der Waals surface area (Å²) in [6.07, 6.45) is -0.0965. The van der Waals surface area contributed by atoms with E-state index in [2.05, 4.69) is 0 Å². The van der Waals surface area contributed by atoms with Gasteiger partial charge in [0.15, 0.2) is 5.78 Å². The van der Waals surface area contributed by atoms with Crippen LogP contribution in [0.25, 0.3) is 0 Å². The summed E-state index contributed by atoms with van der Waals surface area (Å²) in [6.45, 7) is 1.86. The van der Waals surface area contributed by atoms with Gasteiger partial charge >= 0.3 is 5.97 Å². The number of nitrogens with two attached hydrogens (primary N) is 1. The quantitative estimate of drug-likeness (QED) is 0.742. The molecule has 0 fully saturated rings. The predicted octanol–water partition coefficient (Wildman–Crippen LogP) is 1.75. The van der Waals surface area contributed by atoms with Crippen LogP contribution in [0, 0.1) is 0 Å². The molecule has 4 heteroatoms. The summed E-state index contributed by atoms with van der Waals surface area (Å²) in [6, 6.07) is 6.88. The van der Waals surface area contributed by atoms with Crippen LogP contribution in [0.3, 0.4) is 0 Å². The summed E-state index contributed by atoms with van der Waals surface area (Å²) in [5.74, 6) is -1.11. The SMILES string of the molecule is CC(N)c1ccc(C(=O)CCC(=O)O)cc1. The number of rotatable bonds is 5. The average Bonchev–Trinajstić information content (AvgIpc) is 2.26. The lowest BCUT2D eigenvalue weighted by Crippen LogP contribution is -2.06. The number of carbonyl (C=O) groups excluding carboxylic acids is 1. The molecule has 0 aromatic heterocycles. The van der Waals surface area contributed by atoms with Crippen molar-refractivity contribution in [2.75, 3.05) is 0 Å². The zero-order valence-electron chi connectivity index (χ0n) is 9.14. The predicted molar refractivity (Wildman–Crippen MR) is 60.2 cm³/mol. The Labute approximate surface area is 94.1 Å². The molecule has 16 heavy (non-hydrogen) atoms. The Balaban J connectivity index is 2.66. The molecule has 0 radical (unpaired) electrons. The number of benzene rings is 1. The lowest BCUT2D eigenvalue weighted by Gasteiger charge is -2.06. The van der Waals surface area contributed by atoms with Crippen molar-refractivity contribution in [3.8, 4) is 0 Å². The highest BCUT2D eigenvalue weighted by atomic mass is 16.4. The second-order valence-electron chi connectivity index (χ2n) is 3.73. The first-order valence-corrected chi connectivity index (χ1v) is 5.11. The molecule has 0 aliphatic heterocycles. The molecular formula is C12H15NO3. The van der Waals surface area contributed by atoms with Crippen LogP contribution in [0.1, 0.15) is 41.7 Å². The Kier molecular flexibility index (Phi) is 4.19. The Morgan fingerprint density at radius 1 is 1.25 bits per heavy atom. The van der Waals surface area contributed by atoms with Crippen molar-refractivity contribution < 1.29 is 14.7 Å². The number of aliphatic carboxylic acids is 1. The van der Waals surface area contributed by atoms with Crippen LogP contribution in [0.5, 0.6) is 0 Å². The number of carboxylic acids is 1. The maximum Gasteiger partial charge on any atom is 0.303 e. The zero-order chi connectivity index (χ0) is 12.1. The third kappa shape index (κ3) is 3.47. The number of hydrogen-bond donors (Lipinski definition) is 2. The van der Waals surface area contributed by atoms with E-state index < -0.39 is 5.97 Å². The van der Waals surface area contributed by atoms with Gasteiger partial charge < -0.3 is 10.8 Å². The van der Waals surface area contributed by atoms with Gasteiger partial charge in [-0.05, 0) is 12.5 Å². The topological polar surface area (TPSA) is 80.4 Å². The number of carbonyl (C=O) groups is 2. The van der Waals surface area contributed by atoms with Crippen molar-refractivity contribution >= 4 is 11.8 Å². The molecule has 1 aromatic rings. The van der Waals surface area contributed by atoms with Crippen LogP contribution in [-0.2, 0) is 4.79 Å². The van der Waals surface area contributed by atoms with Crippen molar-refractivity contribution in [1.82, 2.24) is 0 Å². The third-order valence-electron chi connectivity index (χ3n) is 2.32. The van der Waals surface area contributed by atoms with Crippen LogP contribution in [-0.4, -0.2) is 16.9 Å². The van der Waals surface area contributed by atoms with E-state index in [0.29, 0.717) is 5.56 Å². The van der Waals surface area contributed by atoms with E-state index in [1.54, 1.807) is 24.3 Å². The van der Waals surface area contributed by atoms with Gasteiger partial charge in [-0.1, -0.05) is 24.3 Å². The number of ketones is 1. The van der Waals surface area contributed by atoms with E-state index in [0.717, 1.165) is 5.56 Å². The molecule has 0 spiro atoms. The van der Waals surface area contributed by atoms with Gasteiger partial charge in [-0.3, -0.25) is 9.59 Å². The lowest BCUT2D eigenvalue weighted by atomic mass is 10.0. The molecule has 0 aliphatic carbocycles. The molecule has 86 valence electrons. The van der Waals surface area contributed by atoms with Crippen LogP contribution in [0.15, 0.2) is 24.3 Å². The maximum atomic E-state index is 11.5. The van der Waals surface area contributed by atoms with Gasteiger partial charge in [-0.15, -0.1) is 0 Å². The van der Waals surface area contributed by atoms with Crippen LogP contribution < -0.4 is 5.73 Å². The molecule has 0 aliphatic rings. The first kappa shape index (κ1) is 12.4. The van der Waals surface area contributed by atoms with Gasteiger partial charge in [-0.25, -0.2) is 0 Å². The Hall–Kier alpha value is -1.68. The van der Waals surface area contributed by atoms with Crippen LogP contribution in [0.4, 0.5) is 0 Å². The Morgan fingerprint density at radius 3 is 2.25 bits per heavy atom. The van der Waals surface area contributed by atoms with E-state index in [-0.39, 0.29) is 24.7 Å². The second-order valence-corrected chi connectivity index (χ2v) is 3.73. The van der Waals surface area contributed by atoms with Crippen molar-refractivity contribution in [2.24, 2.45) is 5.73 Å². The number of carboxylic acid groups (broad SMARTS) is 1. The molecule has 1 unspecified atom stereocenters. The fourth-order valence-electron chi connectivity index (χ4n) is 1.34. The molecule has 0 saturated carbocycles. The minimum Gasteiger partial charge on any atom is -0.481 e. The highest BCUT2D eigenvalue weighted by Crippen LogP contribution is 2.12. The van der Waals surface area contributed by atoms with E-state index in [1.165, 1.54) is 0 Å². The van der Waals surface area contributed by atoms with Crippen molar-refractivity contribution in [3.05, 3.63) is 35.4 Å². The van der Waals surface area contributed by atoms with Crippen molar-refractivity contribution in [1.29, 1.82) is 0 Å². The van der Waals surface area contributed by atoms with E-state index in [1.807, 2.05) is 6.92 Å². The van der Waals surface area contributed by atoms with Crippen LogP contribution >= 0.6 is 0 Å². The molecule has 1 aromatic carbocycles. The van der Waals surface area contributed by atoms with Crippen molar-refractivity contribution in [3.63, 3.8) is 0 Å². The maximum absolute atomic E-state index is 11.5. The molecule has 0 bridgehead atoms. The standard InChI is InChI=1S/C12H15NO3/c1-8(13)9-2-4-10(5-3-9)11(14)6-7-12(15)16/h2-5,8H,6-7,13H2,1H3,(H,15,16). The second kappa shape index (κ2) is 5.42. The fraction of sp³-hybridized carbons (Fsp3) is 0.333. The summed E-state index contributed by atoms with van der Waals surface area (Å²) in [4.78, 5) is 21.8. The highest BCUT2D eigenvalue weighted by Gasteiger charge is 2.08. The molecule has 1 rings (SSSR count). The minimum atomic E-state index is -0.958. The van der Waals surface area contributed by atoms with Gasteiger partial charge in [0.2, 0.25) is 0 Å². The molecule has 0 saturated heterocycles. The van der Waals surface area contributed by atoms with Gasteiger partial charge in [0.05, 0.1) is 6.42 Å². The van der Waals surface area contributed by atoms with E-state index in [4.69, 9.17) is 10.8 Å². The largest absolute Gasteiger partial charge is 0.481 e. The Morgan fingerprint density at radius 2 is 1.81 bits per heavy atom. The molecular weight excluding hydrogens is 206 g/mol. The molecule has 4 nitrogen and oxygen atoms in total. The summed E-state index contributed by atoms with van der Waals surface area (Å²) >= 11 is 0. The molecule has 3 N–H and O–H groups in total. The number of Topliss-reactive ketones (excluding diaryl/α,β-unsaturated/α-hetero) is 1. The first-order valence-electron chi connectivity index (χ1n) is 5.11. The van der Waals surface area contributed by atoms with Gasteiger partial charge in [-0.2, -0.15) is 0 Å². The van der Waals surface area contributed by atoms with Gasteiger partial charge in [0.1, 0.15) is 0 Å². The molecule has 1 atom stereocenters. The van der Waals surface area contributed by atoms with Crippen LogP contribution in [0.2, 0.25) is 0 Å². The average molecular weight is 221 g/mol. The molecule has 0 heterocycles. The first-order chi connectivity index (χ1) is 7.50. The minimum absolute atomic E-state index is 0.0346. The van der Waals surface area contributed by atoms with E-state index >= 15 is 0 Å². The third-order valence-corrected chi connectivity index (χ3v) is 2.32. The summed E-state index contributed by atoms with van der Waals surface area (Å²) in [7, 11) is 0. The van der Waals surface area contributed by atoms with E-state index in [9.17, 15) is 9.59 Å². The number of hydrogen-bond acceptors (Lipinski definition) is 3. The van der Waals surface area contributed by atoms with Gasteiger partial charge in [0.25, 0.3) is 0 Å². The summed E-state index contributed by atoms with van der Waals surface area (Å²) in [5.41, 5.74) is 7.16.